The van der Waals surface area contributed by atoms with Gasteiger partial charge in [-0.1, -0.05) is 29.3 Å². The number of halogens is 2. The number of thiazole rings is 1. The Labute approximate surface area is 147 Å². The van der Waals surface area contributed by atoms with Gasteiger partial charge in [-0.2, -0.15) is 0 Å². The van der Waals surface area contributed by atoms with E-state index in [9.17, 15) is 9.59 Å². The molecule has 0 atom stereocenters. The Morgan fingerprint density at radius 3 is 2.65 bits per heavy atom. The summed E-state index contributed by atoms with van der Waals surface area (Å²) in [6.45, 7) is 0.423. The van der Waals surface area contributed by atoms with Crippen LogP contribution in [0.1, 0.15) is 27.5 Å². The molecule has 0 fully saturated rings. The normalized spacial score (nSPS) is 10.5. The van der Waals surface area contributed by atoms with Crippen LogP contribution in [-0.4, -0.2) is 28.5 Å². The van der Waals surface area contributed by atoms with E-state index in [2.05, 4.69) is 10.3 Å². The molecule has 0 saturated carbocycles. The first-order chi connectivity index (χ1) is 11.0. The monoisotopic (exact) mass is 372 g/mol. The Morgan fingerprint density at radius 1 is 1.22 bits per heavy atom. The lowest BCUT2D eigenvalue weighted by molar-refractivity contribution is -0.121. The fraction of sp³-hybridized carbons (Fsp3) is 0.267. The quantitative estimate of drug-likeness (QED) is 0.779. The highest BCUT2D eigenvalue weighted by molar-refractivity contribution is 7.09. The number of benzene rings is 1. The molecule has 2 rings (SSSR count). The Morgan fingerprint density at radius 2 is 2.00 bits per heavy atom. The summed E-state index contributed by atoms with van der Waals surface area (Å²) in [7, 11) is 0. The second kappa shape index (κ2) is 8.29. The minimum absolute atomic E-state index is 0.0379. The molecule has 0 unspecified atom stereocenters. The van der Waals surface area contributed by atoms with Crippen molar-refractivity contribution >= 4 is 46.4 Å². The number of nitrogens with zero attached hydrogens (tertiary/aromatic N) is 1. The van der Waals surface area contributed by atoms with E-state index in [4.69, 9.17) is 28.3 Å². The zero-order valence-corrected chi connectivity index (χ0v) is 14.3. The first-order valence-corrected chi connectivity index (χ1v) is 8.47. The molecule has 0 radical (unpaired) electrons. The molecule has 1 aromatic carbocycles. The Balaban J connectivity index is 1.72. The van der Waals surface area contributed by atoms with Gasteiger partial charge in [-0.05, 0) is 24.1 Å². The van der Waals surface area contributed by atoms with Gasteiger partial charge in [-0.15, -0.1) is 11.3 Å². The van der Waals surface area contributed by atoms with Crippen molar-refractivity contribution in [2.75, 3.05) is 6.54 Å². The number of hydrogen-bond donors (Lipinski definition) is 2. The predicted molar refractivity (Wildman–Crippen MR) is 90.6 cm³/mol. The maximum atomic E-state index is 11.8. The molecule has 122 valence electrons. The van der Waals surface area contributed by atoms with E-state index in [0.29, 0.717) is 40.9 Å². The number of amides is 1. The molecule has 2 N–H and O–H groups in total. The standard InChI is InChI=1S/C15H14Cl2N2O3S/c16-10-3-1-9(7-11(10)17)2-4-13(20)18-6-5-14-19-12(8-23-14)15(21)22/h1,3,7-8H,2,4-6H2,(H,18,20)(H,21,22). The van der Waals surface area contributed by atoms with Crippen LogP contribution in [-0.2, 0) is 17.6 Å². The van der Waals surface area contributed by atoms with Crippen molar-refractivity contribution in [1.29, 1.82) is 0 Å². The van der Waals surface area contributed by atoms with Crippen LogP contribution in [0, 0.1) is 0 Å². The van der Waals surface area contributed by atoms with E-state index in [0.717, 1.165) is 5.56 Å². The highest BCUT2D eigenvalue weighted by atomic mass is 35.5. The molecule has 1 amide bonds. The van der Waals surface area contributed by atoms with Gasteiger partial charge >= 0.3 is 5.97 Å². The van der Waals surface area contributed by atoms with Crippen molar-refractivity contribution < 1.29 is 14.7 Å². The van der Waals surface area contributed by atoms with Gasteiger partial charge in [0.1, 0.15) is 0 Å². The molecule has 0 aliphatic heterocycles. The molecule has 0 aliphatic carbocycles. The third kappa shape index (κ3) is 5.49. The minimum Gasteiger partial charge on any atom is -0.476 e. The molecule has 0 bridgehead atoms. The first kappa shape index (κ1) is 17.7. The lowest BCUT2D eigenvalue weighted by Crippen LogP contribution is -2.25. The summed E-state index contributed by atoms with van der Waals surface area (Å²) >= 11 is 13.0. The Hall–Kier alpha value is -1.63. The van der Waals surface area contributed by atoms with E-state index < -0.39 is 5.97 Å². The summed E-state index contributed by atoms with van der Waals surface area (Å²) < 4.78 is 0. The average Bonchev–Trinajstić information content (AvgIpc) is 2.97. The number of carbonyl (C=O) groups is 2. The maximum Gasteiger partial charge on any atom is 0.355 e. The van der Waals surface area contributed by atoms with Gasteiger partial charge in [-0.3, -0.25) is 4.79 Å². The van der Waals surface area contributed by atoms with Crippen LogP contribution in [0.2, 0.25) is 10.0 Å². The predicted octanol–water partition coefficient (Wildman–Crippen LogP) is 3.44. The summed E-state index contributed by atoms with van der Waals surface area (Å²) in [5, 5.41) is 14.7. The average molecular weight is 373 g/mol. The lowest BCUT2D eigenvalue weighted by atomic mass is 10.1. The summed E-state index contributed by atoms with van der Waals surface area (Å²) in [6, 6.07) is 5.30. The zero-order chi connectivity index (χ0) is 16.8. The fourth-order valence-electron chi connectivity index (χ4n) is 1.87. The summed E-state index contributed by atoms with van der Waals surface area (Å²) in [6.07, 6.45) is 1.43. The largest absolute Gasteiger partial charge is 0.476 e. The SMILES string of the molecule is O=C(CCc1ccc(Cl)c(Cl)c1)NCCc1nc(C(=O)O)cs1. The van der Waals surface area contributed by atoms with Crippen molar-refractivity contribution in [1.82, 2.24) is 10.3 Å². The molecule has 1 aromatic heterocycles. The van der Waals surface area contributed by atoms with Crippen molar-refractivity contribution in [2.24, 2.45) is 0 Å². The number of aryl methyl sites for hydroxylation is 1. The van der Waals surface area contributed by atoms with Crippen molar-refractivity contribution in [3.05, 3.63) is 49.9 Å². The second-order valence-corrected chi connectivity index (χ2v) is 6.54. The smallest absolute Gasteiger partial charge is 0.355 e. The number of carboxylic acid groups (broad SMARTS) is 1. The van der Waals surface area contributed by atoms with Crippen molar-refractivity contribution in [3.63, 3.8) is 0 Å². The molecule has 23 heavy (non-hydrogen) atoms. The number of aromatic carboxylic acids is 1. The van der Waals surface area contributed by atoms with Crippen LogP contribution in [0.5, 0.6) is 0 Å². The van der Waals surface area contributed by atoms with E-state index in [1.165, 1.54) is 16.7 Å². The van der Waals surface area contributed by atoms with Crippen LogP contribution in [0.25, 0.3) is 0 Å². The second-order valence-electron chi connectivity index (χ2n) is 4.78. The fourth-order valence-corrected chi connectivity index (χ4v) is 2.97. The van der Waals surface area contributed by atoms with Gasteiger partial charge in [0.05, 0.1) is 15.1 Å². The topological polar surface area (TPSA) is 79.3 Å². The van der Waals surface area contributed by atoms with Gasteiger partial charge in [-0.25, -0.2) is 9.78 Å². The molecular weight excluding hydrogens is 359 g/mol. The van der Waals surface area contributed by atoms with E-state index in [1.807, 2.05) is 6.07 Å². The van der Waals surface area contributed by atoms with Crippen LogP contribution in [0.4, 0.5) is 0 Å². The van der Waals surface area contributed by atoms with Gasteiger partial charge in [0.15, 0.2) is 5.69 Å². The zero-order valence-electron chi connectivity index (χ0n) is 12.0. The number of nitrogens with one attached hydrogen (secondary N) is 1. The van der Waals surface area contributed by atoms with Crippen molar-refractivity contribution in [3.8, 4) is 0 Å². The number of carbonyl (C=O) groups excluding carboxylic acids is 1. The molecule has 0 aliphatic rings. The van der Waals surface area contributed by atoms with Crippen LogP contribution >= 0.6 is 34.5 Å². The Bertz CT molecular complexity index is 718. The third-order valence-corrected chi connectivity index (χ3v) is 4.70. The van der Waals surface area contributed by atoms with Crippen molar-refractivity contribution in [2.45, 2.75) is 19.3 Å². The number of hydrogen-bond acceptors (Lipinski definition) is 4. The molecule has 1 heterocycles. The molecule has 5 nitrogen and oxygen atoms in total. The molecular formula is C15H14Cl2N2O3S. The van der Waals surface area contributed by atoms with Gasteiger partial charge < -0.3 is 10.4 Å². The molecule has 0 saturated heterocycles. The van der Waals surface area contributed by atoms with Gasteiger partial charge in [0.25, 0.3) is 0 Å². The van der Waals surface area contributed by atoms with Crippen LogP contribution < -0.4 is 5.32 Å². The number of carboxylic acids is 1. The summed E-state index contributed by atoms with van der Waals surface area (Å²) in [4.78, 5) is 26.5. The minimum atomic E-state index is -1.04. The van der Waals surface area contributed by atoms with Gasteiger partial charge in [0, 0.05) is 24.8 Å². The highest BCUT2D eigenvalue weighted by Gasteiger charge is 2.09. The molecule has 0 spiro atoms. The maximum absolute atomic E-state index is 11.8. The Kier molecular flexibility index (Phi) is 6.38. The van der Waals surface area contributed by atoms with E-state index >= 15 is 0 Å². The first-order valence-electron chi connectivity index (χ1n) is 6.84. The highest BCUT2D eigenvalue weighted by Crippen LogP contribution is 2.23. The van der Waals surface area contributed by atoms with Crippen LogP contribution in [0.15, 0.2) is 23.6 Å². The van der Waals surface area contributed by atoms with Gasteiger partial charge in [0.2, 0.25) is 5.91 Å². The number of rotatable bonds is 7. The lowest BCUT2D eigenvalue weighted by Gasteiger charge is -2.05. The van der Waals surface area contributed by atoms with Crippen LogP contribution in [0.3, 0.4) is 0 Å². The summed E-state index contributed by atoms with van der Waals surface area (Å²) in [5.74, 6) is -1.12. The van der Waals surface area contributed by atoms with E-state index in [1.54, 1.807) is 12.1 Å². The number of aromatic nitrogens is 1. The van der Waals surface area contributed by atoms with E-state index in [-0.39, 0.29) is 11.6 Å². The molecule has 2 aromatic rings. The summed E-state index contributed by atoms with van der Waals surface area (Å²) in [5.41, 5.74) is 0.983. The molecule has 8 heteroatoms. The third-order valence-electron chi connectivity index (χ3n) is 3.06.